The minimum atomic E-state index is -4.32. The fourth-order valence-electron chi connectivity index (χ4n) is 3.19. The second-order valence-corrected chi connectivity index (χ2v) is 8.21. The van der Waals surface area contributed by atoms with E-state index < -0.39 is 10.1 Å². The SMILES string of the molecule is CCCCOc1c2ccccc2c(OCCCC)c2cc(S(=O)(=O)O)ccc12. The zero-order chi connectivity index (χ0) is 20.1. The Labute approximate surface area is 166 Å². The van der Waals surface area contributed by atoms with Gasteiger partial charge in [-0.2, -0.15) is 8.42 Å². The standard InChI is InChI=1S/C22H26O5S/c1-3-5-13-26-21-17-9-7-8-10-18(17)22(27-14-6-4-2)20-15-16(28(23,24)25)11-12-19(20)21/h7-12,15H,3-6,13-14H2,1-2H3,(H,23,24,25). The molecule has 0 aromatic heterocycles. The zero-order valence-corrected chi connectivity index (χ0v) is 17.1. The van der Waals surface area contributed by atoms with Gasteiger partial charge in [0.15, 0.2) is 0 Å². The van der Waals surface area contributed by atoms with Crippen LogP contribution in [0.5, 0.6) is 11.5 Å². The molecule has 28 heavy (non-hydrogen) atoms. The van der Waals surface area contributed by atoms with Crippen molar-refractivity contribution in [2.75, 3.05) is 13.2 Å². The molecule has 3 aromatic carbocycles. The van der Waals surface area contributed by atoms with Gasteiger partial charge in [0.2, 0.25) is 0 Å². The van der Waals surface area contributed by atoms with Crippen molar-refractivity contribution in [2.45, 2.75) is 44.4 Å². The van der Waals surface area contributed by atoms with Crippen LogP contribution >= 0.6 is 0 Å². The molecule has 0 saturated carbocycles. The largest absolute Gasteiger partial charge is 0.492 e. The third-order valence-electron chi connectivity index (χ3n) is 4.68. The molecule has 1 N–H and O–H groups in total. The van der Waals surface area contributed by atoms with Crippen LogP contribution in [0.2, 0.25) is 0 Å². The second-order valence-electron chi connectivity index (χ2n) is 6.79. The van der Waals surface area contributed by atoms with E-state index in [4.69, 9.17) is 9.47 Å². The highest BCUT2D eigenvalue weighted by Gasteiger charge is 2.19. The molecule has 0 aliphatic heterocycles. The van der Waals surface area contributed by atoms with E-state index in [1.807, 2.05) is 24.3 Å². The predicted molar refractivity (Wildman–Crippen MR) is 112 cm³/mol. The zero-order valence-electron chi connectivity index (χ0n) is 16.3. The van der Waals surface area contributed by atoms with Crippen molar-refractivity contribution in [3.8, 4) is 11.5 Å². The summed E-state index contributed by atoms with van der Waals surface area (Å²) in [6.07, 6.45) is 3.82. The van der Waals surface area contributed by atoms with E-state index in [0.717, 1.165) is 41.8 Å². The van der Waals surface area contributed by atoms with Gasteiger partial charge in [0.05, 0.1) is 18.1 Å². The molecular weight excluding hydrogens is 376 g/mol. The van der Waals surface area contributed by atoms with Gasteiger partial charge >= 0.3 is 0 Å². The van der Waals surface area contributed by atoms with Crippen LogP contribution in [-0.4, -0.2) is 26.2 Å². The van der Waals surface area contributed by atoms with Crippen molar-refractivity contribution in [3.05, 3.63) is 42.5 Å². The summed E-state index contributed by atoms with van der Waals surface area (Å²) in [5.41, 5.74) is 0. The summed E-state index contributed by atoms with van der Waals surface area (Å²) >= 11 is 0. The van der Waals surface area contributed by atoms with Crippen LogP contribution in [0.3, 0.4) is 0 Å². The fraction of sp³-hybridized carbons (Fsp3) is 0.364. The van der Waals surface area contributed by atoms with E-state index in [2.05, 4.69) is 13.8 Å². The summed E-state index contributed by atoms with van der Waals surface area (Å²) in [4.78, 5) is -0.157. The number of hydrogen-bond acceptors (Lipinski definition) is 4. The molecule has 0 heterocycles. The van der Waals surface area contributed by atoms with Crippen LogP contribution in [0.4, 0.5) is 0 Å². The van der Waals surface area contributed by atoms with Crippen LogP contribution in [-0.2, 0) is 10.1 Å². The summed E-state index contributed by atoms with van der Waals surface area (Å²) < 4.78 is 45.1. The molecule has 0 aliphatic carbocycles. The molecule has 6 heteroatoms. The van der Waals surface area contributed by atoms with E-state index in [-0.39, 0.29) is 4.90 Å². The first kappa shape index (κ1) is 20.4. The van der Waals surface area contributed by atoms with Crippen molar-refractivity contribution in [1.29, 1.82) is 0 Å². The lowest BCUT2D eigenvalue weighted by molar-refractivity contribution is 0.311. The first-order valence-electron chi connectivity index (χ1n) is 9.69. The maximum atomic E-state index is 11.7. The monoisotopic (exact) mass is 402 g/mol. The highest BCUT2D eigenvalue weighted by molar-refractivity contribution is 7.85. The molecule has 0 saturated heterocycles. The van der Waals surface area contributed by atoms with Crippen molar-refractivity contribution in [1.82, 2.24) is 0 Å². The molecule has 3 rings (SSSR count). The van der Waals surface area contributed by atoms with Crippen molar-refractivity contribution >= 4 is 31.7 Å². The number of fused-ring (bicyclic) bond motifs is 2. The molecule has 3 aromatic rings. The summed E-state index contributed by atoms with van der Waals surface area (Å²) in [5.74, 6) is 1.33. The van der Waals surface area contributed by atoms with Crippen LogP contribution in [0.25, 0.3) is 21.5 Å². The lowest BCUT2D eigenvalue weighted by Gasteiger charge is -2.18. The number of ether oxygens (including phenoxy) is 2. The molecule has 150 valence electrons. The Kier molecular flexibility index (Phi) is 6.42. The normalized spacial score (nSPS) is 11.8. The van der Waals surface area contributed by atoms with Gasteiger partial charge in [-0.15, -0.1) is 0 Å². The van der Waals surface area contributed by atoms with Crippen LogP contribution < -0.4 is 9.47 Å². The maximum absolute atomic E-state index is 11.7. The fourth-order valence-corrected chi connectivity index (χ4v) is 3.69. The van der Waals surface area contributed by atoms with Crippen molar-refractivity contribution in [2.24, 2.45) is 0 Å². The summed E-state index contributed by atoms with van der Waals surface area (Å²) in [6.45, 7) is 5.29. The quantitative estimate of drug-likeness (QED) is 0.287. The Morgan fingerprint density at radius 1 is 0.786 bits per heavy atom. The molecule has 0 radical (unpaired) electrons. The molecule has 0 unspecified atom stereocenters. The minimum absolute atomic E-state index is 0.157. The topological polar surface area (TPSA) is 72.8 Å². The predicted octanol–water partition coefficient (Wildman–Crippen LogP) is 5.60. The van der Waals surface area contributed by atoms with E-state index in [0.29, 0.717) is 30.1 Å². The van der Waals surface area contributed by atoms with Gasteiger partial charge in [-0.3, -0.25) is 4.55 Å². The first-order chi connectivity index (χ1) is 13.5. The summed E-state index contributed by atoms with van der Waals surface area (Å²) in [7, 11) is -4.32. The molecule has 0 atom stereocenters. The van der Waals surface area contributed by atoms with Gasteiger partial charge in [-0.05, 0) is 31.0 Å². The third kappa shape index (κ3) is 4.23. The van der Waals surface area contributed by atoms with Gasteiger partial charge in [0.1, 0.15) is 11.5 Å². The lowest BCUT2D eigenvalue weighted by atomic mass is 10.0. The van der Waals surface area contributed by atoms with Crippen LogP contribution in [0, 0.1) is 0 Å². The van der Waals surface area contributed by atoms with Gasteiger partial charge in [-0.1, -0.05) is 51.0 Å². The Morgan fingerprint density at radius 3 is 1.79 bits per heavy atom. The van der Waals surface area contributed by atoms with Gasteiger partial charge in [0.25, 0.3) is 10.1 Å². The smallest absolute Gasteiger partial charge is 0.294 e. The Morgan fingerprint density at radius 2 is 1.29 bits per heavy atom. The van der Waals surface area contributed by atoms with E-state index in [9.17, 15) is 13.0 Å². The Hall–Kier alpha value is -2.31. The molecule has 0 spiro atoms. The summed E-state index contributed by atoms with van der Waals surface area (Å²) in [5, 5.41) is 3.19. The Balaban J connectivity index is 2.30. The minimum Gasteiger partial charge on any atom is -0.492 e. The highest BCUT2D eigenvalue weighted by atomic mass is 32.2. The number of benzene rings is 3. The van der Waals surface area contributed by atoms with E-state index >= 15 is 0 Å². The molecule has 0 aliphatic rings. The maximum Gasteiger partial charge on any atom is 0.294 e. The highest BCUT2D eigenvalue weighted by Crippen LogP contribution is 2.43. The number of unbranched alkanes of at least 4 members (excludes halogenated alkanes) is 2. The molecule has 0 amide bonds. The van der Waals surface area contributed by atoms with E-state index in [1.54, 1.807) is 6.07 Å². The number of rotatable bonds is 9. The van der Waals surface area contributed by atoms with Crippen molar-refractivity contribution in [3.63, 3.8) is 0 Å². The average Bonchev–Trinajstić information content (AvgIpc) is 2.68. The van der Waals surface area contributed by atoms with Crippen LogP contribution in [0.15, 0.2) is 47.4 Å². The lowest BCUT2D eigenvalue weighted by Crippen LogP contribution is -2.03. The second kappa shape index (κ2) is 8.80. The van der Waals surface area contributed by atoms with Gasteiger partial charge in [0, 0.05) is 21.5 Å². The average molecular weight is 403 g/mol. The third-order valence-corrected chi connectivity index (χ3v) is 5.53. The summed E-state index contributed by atoms with van der Waals surface area (Å²) in [6, 6.07) is 12.3. The molecule has 0 fully saturated rings. The van der Waals surface area contributed by atoms with Crippen molar-refractivity contribution < 1.29 is 22.4 Å². The van der Waals surface area contributed by atoms with Gasteiger partial charge < -0.3 is 9.47 Å². The van der Waals surface area contributed by atoms with Gasteiger partial charge in [-0.25, -0.2) is 0 Å². The molecular formula is C22H26O5S. The molecule has 0 bridgehead atoms. The number of hydrogen-bond donors (Lipinski definition) is 1. The first-order valence-corrected chi connectivity index (χ1v) is 11.1. The van der Waals surface area contributed by atoms with E-state index in [1.165, 1.54) is 12.1 Å². The van der Waals surface area contributed by atoms with Crippen LogP contribution in [0.1, 0.15) is 39.5 Å². The Bertz CT molecular complexity index is 1070. The molecule has 5 nitrogen and oxygen atoms in total.